The number of hydrogen-bond donors (Lipinski definition) is 2. The Hall–Kier alpha value is -1.73. The van der Waals surface area contributed by atoms with Gasteiger partial charge in [-0.15, -0.1) is 0 Å². The van der Waals surface area contributed by atoms with E-state index in [1.807, 2.05) is 18.2 Å². The van der Waals surface area contributed by atoms with E-state index in [9.17, 15) is 0 Å². The number of rotatable bonds is 10. The van der Waals surface area contributed by atoms with Gasteiger partial charge in [-0.1, -0.05) is 17.7 Å². The predicted octanol–water partition coefficient (Wildman–Crippen LogP) is 6.14. The molecule has 7 heteroatoms. The van der Waals surface area contributed by atoms with E-state index in [0.29, 0.717) is 28.9 Å². The Balaban J connectivity index is 1.34. The van der Waals surface area contributed by atoms with Crippen LogP contribution in [0.15, 0.2) is 30.5 Å². The lowest BCUT2D eigenvalue weighted by atomic mass is 9.83. The van der Waals surface area contributed by atoms with Gasteiger partial charge in [-0.2, -0.15) is 0 Å². The largest absolute Gasteiger partial charge is 0.383 e. The topological polar surface area (TPSA) is 68.3 Å². The third kappa shape index (κ3) is 7.88. The van der Waals surface area contributed by atoms with Gasteiger partial charge in [0.15, 0.2) is 0 Å². The van der Waals surface area contributed by atoms with Crippen LogP contribution in [-0.4, -0.2) is 54.5 Å². The Labute approximate surface area is 221 Å². The van der Waals surface area contributed by atoms with Crippen LogP contribution in [0.4, 0.5) is 5.82 Å². The van der Waals surface area contributed by atoms with E-state index >= 15 is 0 Å². The van der Waals surface area contributed by atoms with Gasteiger partial charge in [0, 0.05) is 49.8 Å². The minimum Gasteiger partial charge on any atom is -0.383 e. The highest BCUT2D eigenvalue weighted by molar-refractivity contribution is 6.33. The quantitative estimate of drug-likeness (QED) is 0.397. The van der Waals surface area contributed by atoms with E-state index in [2.05, 4.69) is 42.5 Å². The zero-order valence-electron chi connectivity index (χ0n) is 22.4. The molecule has 36 heavy (non-hydrogen) atoms. The normalized spacial score (nSPS) is 24.9. The summed E-state index contributed by atoms with van der Waals surface area (Å²) in [6.45, 7) is 9.03. The molecule has 2 aliphatic rings. The van der Waals surface area contributed by atoms with E-state index in [4.69, 9.17) is 26.1 Å². The smallest absolute Gasteiger partial charge is 0.126 e. The van der Waals surface area contributed by atoms with Crippen molar-refractivity contribution < 1.29 is 9.47 Å². The minimum atomic E-state index is -0.0426. The van der Waals surface area contributed by atoms with Crippen molar-refractivity contribution in [1.29, 1.82) is 0 Å². The van der Waals surface area contributed by atoms with Gasteiger partial charge in [0.05, 0.1) is 22.9 Å². The fraction of sp³-hybridized carbons (Fsp3) is 0.655. The molecule has 1 aliphatic carbocycles. The zero-order valence-corrected chi connectivity index (χ0v) is 23.1. The van der Waals surface area contributed by atoms with Crippen molar-refractivity contribution >= 4 is 17.4 Å². The molecule has 0 amide bonds. The maximum atomic E-state index is 6.59. The average Bonchev–Trinajstić information content (AvgIpc) is 2.85. The number of nitrogens with one attached hydrogen (secondary N) is 2. The van der Waals surface area contributed by atoms with Crippen LogP contribution in [0.5, 0.6) is 0 Å². The van der Waals surface area contributed by atoms with Crippen molar-refractivity contribution in [3.05, 3.63) is 41.2 Å². The number of methoxy groups -OCH3 is 1. The summed E-state index contributed by atoms with van der Waals surface area (Å²) in [6.07, 6.45) is 9.77. The summed E-state index contributed by atoms with van der Waals surface area (Å²) >= 11 is 6.59. The number of hydrogen-bond acceptors (Lipinski definition) is 6. The van der Waals surface area contributed by atoms with Crippen LogP contribution >= 0.6 is 11.6 Å². The van der Waals surface area contributed by atoms with Gasteiger partial charge in [0.25, 0.3) is 0 Å². The maximum absolute atomic E-state index is 6.59. The Morgan fingerprint density at radius 1 is 1.17 bits per heavy atom. The van der Waals surface area contributed by atoms with E-state index in [1.165, 1.54) is 25.7 Å². The summed E-state index contributed by atoms with van der Waals surface area (Å²) in [5.74, 6) is 2.13. The molecule has 2 N–H and O–H groups in total. The van der Waals surface area contributed by atoms with Gasteiger partial charge in [-0.25, -0.2) is 4.98 Å². The lowest BCUT2D eigenvalue weighted by Gasteiger charge is -2.35. The second kappa shape index (κ2) is 12.7. The molecule has 2 aromatic rings. The lowest BCUT2D eigenvalue weighted by Crippen LogP contribution is -2.41. The van der Waals surface area contributed by atoms with Crippen LogP contribution in [0.2, 0.25) is 5.02 Å². The van der Waals surface area contributed by atoms with E-state index in [0.717, 1.165) is 61.8 Å². The third-order valence-corrected chi connectivity index (χ3v) is 7.89. The van der Waals surface area contributed by atoms with Crippen molar-refractivity contribution in [2.24, 2.45) is 11.8 Å². The highest BCUT2D eigenvalue weighted by Gasteiger charge is 2.28. The van der Waals surface area contributed by atoms with Crippen molar-refractivity contribution in [3.8, 4) is 11.3 Å². The number of ether oxygens (including phenoxy) is 2. The number of halogens is 1. The Bertz CT molecular complexity index is 977. The van der Waals surface area contributed by atoms with E-state index < -0.39 is 0 Å². The molecule has 4 rings (SSSR count). The zero-order chi connectivity index (χ0) is 25.5. The second-order valence-electron chi connectivity index (χ2n) is 11.4. The van der Waals surface area contributed by atoms with Crippen molar-refractivity contribution in [2.45, 2.75) is 83.4 Å². The van der Waals surface area contributed by atoms with E-state index in [1.54, 1.807) is 13.3 Å². The Morgan fingerprint density at radius 2 is 1.97 bits per heavy atom. The van der Waals surface area contributed by atoms with Gasteiger partial charge in [0.1, 0.15) is 5.82 Å². The number of anilines is 1. The highest BCUT2D eigenvalue weighted by Crippen LogP contribution is 2.32. The highest BCUT2D eigenvalue weighted by atomic mass is 35.5. The molecular weight excluding hydrogens is 472 g/mol. The molecule has 198 valence electrons. The van der Waals surface area contributed by atoms with Gasteiger partial charge in [-0.3, -0.25) is 4.98 Å². The molecule has 2 aromatic heterocycles. The molecule has 3 heterocycles. The van der Waals surface area contributed by atoms with Gasteiger partial charge >= 0.3 is 0 Å². The lowest BCUT2D eigenvalue weighted by molar-refractivity contribution is -0.0699. The fourth-order valence-electron chi connectivity index (χ4n) is 5.78. The van der Waals surface area contributed by atoms with Crippen LogP contribution in [0.1, 0.15) is 65.0 Å². The maximum Gasteiger partial charge on any atom is 0.126 e. The summed E-state index contributed by atoms with van der Waals surface area (Å²) in [7, 11) is 1.76. The molecule has 1 saturated heterocycles. The molecule has 0 spiro atoms. The predicted molar refractivity (Wildman–Crippen MR) is 148 cm³/mol. The van der Waals surface area contributed by atoms with Gasteiger partial charge in [-0.05, 0) is 95.8 Å². The second-order valence-corrected chi connectivity index (χ2v) is 11.8. The first-order valence-corrected chi connectivity index (χ1v) is 13.9. The standard InChI is InChI=1S/C29H43ClN4O2/c1-20(19-35-4)33-23-10-8-21(9-11-23)14-24-15-25(26(30)18-31-24)27-6-5-7-28(34-27)32-17-22-12-13-36-29(2,3)16-22/h5-7,15,18,20-23,33H,8-14,16-17,19H2,1-4H3,(H,32,34)/t20-,21?,22?,23?/m0/s1. The molecule has 0 bridgehead atoms. The van der Waals surface area contributed by atoms with Crippen molar-refractivity contribution in [2.75, 3.05) is 32.2 Å². The third-order valence-electron chi connectivity index (χ3n) is 7.59. The van der Waals surface area contributed by atoms with Crippen LogP contribution in [0, 0.1) is 11.8 Å². The Kier molecular flexibility index (Phi) is 9.62. The summed E-state index contributed by atoms with van der Waals surface area (Å²) in [5, 5.41) is 7.90. The summed E-state index contributed by atoms with van der Waals surface area (Å²) in [5.41, 5.74) is 2.91. The fourth-order valence-corrected chi connectivity index (χ4v) is 5.98. The SMILES string of the molecule is COC[C@H](C)NC1CCC(Cc2cc(-c3cccc(NCC4CCOC(C)(C)C4)n3)c(Cl)cn2)CC1. The van der Waals surface area contributed by atoms with Gasteiger partial charge < -0.3 is 20.1 Å². The molecule has 2 fully saturated rings. The summed E-state index contributed by atoms with van der Waals surface area (Å²) in [6, 6.07) is 9.24. The first-order chi connectivity index (χ1) is 17.3. The molecule has 6 nitrogen and oxygen atoms in total. The van der Waals surface area contributed by atoms with Crippen LogP contribution in [-0.2, 0) is 15.9 Å². The Morgan fingerprint density at radius 3 is 2.72 bits per heavy atom. The number of aromatic nitrogens is 2. The van der Waals surface area contributed by atoms with Gasteiger partial charge in [0.2, 0.25) is 0 Å². The first kappa shape index (κ1) is 27.3. The van der Waals surface area contributed by atoms with E-state index in [-0.39, 0.29) is 5.60 Å². The van der Waals surface area contributed by atoms with Crippen LogP contribution < -0.4 is 10.6 Å². The molecule has 0 radical (unpaired) electrons. The van der Waals surface area contributed by atoms with Crippen molar-refractivity contribution in [1.82, 2.24) is 15.3 Å². The first-order valence-electron chi connectivity index (χ1n) is 13.6. The molecule has 1 saturated carbocycles. The number of nitrogens with zero attached hydrogens (tertiary/aromatic N) is 2. The molecule has 2 atom stereocenters. The minimum absolute atomic E-state index is 0.0426. The molecule has 1 unspecified atom stereocenters. The molecule has 1 aliphatic heterocycles. The van der Waals surface area contributed by atoms with Crippen LogP contribution in [0.3, 0.4) is 0 Å². The van der Waals surface area contributed by atoms with Crippen molar-refractivity contribution in [3.63, 3.8) is 0 Å². The van der Waals surface area contributed by atoms with Crippen LogP contribution in [0.25, 0.3) is 11.3 Å². The average molecular weight is 515 g/mol. The molecular formula is C29H43ClN4O2. The summed E-state index contributed by atoms with van der Waals surface area (Å²) < 4.78 is 11.1. The summed E-state index contributed by atoms with van der Waals surface area (Å²) in [4.78, 5) is 9.56. The number of pyridine rings is 2. The monoisotopic (exact) mass is 514 g/mol. The molecule has 0 aromatic carbocycles.